The fraction of sp³-hybridized carbons (Fsp3) is 0.344. The fourth-order valence-corrected chi connectivity index (χ4v) is 12.3. The van der Waals surface area contributed by atoms with Gasteiger partial charge in [-0.25, -0.2) is 25.0 Å². The minimum atomic E-state index is 0.236. The first-order valence-electron chi connectivity index (χ1n) is 39.0. The molecule has 9 aromatic rings. The molecular weight excluding hydrogens is 1760 g/mol. The normalized spacial score (nSPS) is 9.18. The second kappa shape index (κ2) is 86.2. The molecule has 0 saturated heterocycles. The van der Waals surface area contributed by atoms with E-state index in [0.29, 0.717) is 13.1 Å². The van der Waals surface area contributed by atoms with Gasteiger partial charge in [-0.3, -0.25) is 0 Å². The van der Waals surface area contributed by atoms with E-state index in [-0.39, 0.29) is 15.0 Å². The molecule has 114 heavy (non-hydrogen) atoms. The maximum absolute atomic E-state index is 8.40. The average molecular weight is 1870 g/mol. The van der Waals surface area contributed by atoms with Crippen molar-refractivity contribution in [1.82, 2.24) is 0 Å². The standard InChI is InChI=1S/C13H17NS.2C13H17NSe.C12H15NS.C11H13NS.C9H9NS.C9H9NSe.C8H7NS.C8H7NSe/c15-12-14-11-7-2-1-4-8-13-9-5-3-6-10-13;14-12-15-11-7-2-1-4-8-13-9-5-3-6-10-13;15-12-14-11-7-2-1-4-8-13-9-5-3-6-10-13;14-11-13-10-6-2-5-9-12-7-3-1-4-8-12;13-10-12-9-5-4-8-11-6-2-1-3-7-11;2*11-8-10-7-6-9-4-2-1-3-5-9;2*10-7-9-6-8-4-2-1-3-5-8/h3*3,5-6,9-10H,1-2,4,7-8,11H2;1,3-4,7-8H,2,5-6,9-10H2;1-3,6-7H,4-5,8-9H2;2*1-5H,6-7H2;2*1-5H,6H2. The van der Waals surface area contributed by atoms with Gasteiger partial charge in [-0.15, -0.1) is 0 Å². The summed E-state index contributed by atoms with van der Waals surface area (Å²) in [7, 11) is 0. The molecule has 9 aromatic carbocycles. The van der Waals surface area contributed by atoms with E-state index in [9.17, 15) is 0 Å². The van der Waals surface area contributed by atoms with Crippen molar-refractivity contribution in [3.63, 3.8) is 0 Å². The van der Waals surface area contributed by atoms with Crippen LogP contribution < -0.4 is 0 Å². The van der Waals surface area contributed by atoms with Gasteiger partial charge in [0, 0.05) is 19.6 Å². The molecule has 0 unspecified atom stereocenters. The van der Waals surface area contributed by atoms with Crippen LogP contribution in [0.1, 0.15) is 159 Å². The van der Waals surface area contributed by atoms with E-state index in [2.05, 4.69) is 363 Å². The molecule has 0 aromatic heterocycles. The molecular formula is C96H111N9S5Se4. The van der Waals surface area contributed by atoms with Gasteiger partial charge in [-0.2, -0.15) is 0 Å². The Morgan fingerprint density at radius 3 is 0.702 bits per heavy atom. The van der Waals surface area contributed by atoms with Crippen molar-refractivity contribution in [1.29, 1.82) is 5.26 Å². The second-order valence-corrected chi connectivity index (χ2v) is 29.1. The zero-order valence-corrected chi connectivity index (χ0v) is 76.9. The summed E-state index contributed by atoms with van der Waals surface area (Å²) in [4.78, 5) is 33.4. The molecule has 0 radical (unpaired) electrons. The van der Waals surface area contributed by atoms with Gasteiger partial charge in [0.25, 0.3) is 0 Å². The third-order valence-corrected chi connectivity index (χ3v) is 19.1. The first kappa shape index (κ1) is 104. The van der Waals surface area contributed by atoms with Gasteiger partial charge in [0.1, 0.15) is 0 Å². The molecule has 0 saturated carbocycles. The molecule has 18 heteroatoms. The number of rotatable bonds is 42. The van der Waals surface area contributed by atoms with Gasteiger partial charge >= 0.3 is 340 Å². The van der Waals surface area contributed by atoms with Gasteiger partial charge in [0.05, 0.1) is 38.9 Å². The van der Waals surface area contributed by atoms with Crippen molar-refractivity contribution < 1.29 is 0 Å². The van der Waals surface area contributed by atoms with E-state index < -0.39 is 0 Å². The van der Waals surface area contributed by atoms with E-state index in [0.717, 1.165) is 83.1 Å². The third-order valence-electron chi connectivity index (χ3n) is 16.4. The number of benzene rings is 9. The Kier molecular flexibility index (Phi) is 78.8. The summed E-state index contributed by atoms with van der Waals surface area (Å²) in [6, 6.07) is 93.7. The Balaban J connectivity index is 0.000000644. The summed E-state index contributed by atoms with van der Waals surface area (Å²) in [5.74, 6) is 0. The van der Waals surface area contributed by atoms with Gasteiger partial charge in [-0.05, 0) is 153 Å². The monoisotopic (exact) mass is 1870 g/mol. The van der Waals surface area contributed by atoms with Gasteiger partial charge in [-0.1, -0.05) is 171 Å². The van der Waals surface area contributed by atoms with Crippen LogP contribution >= 0.6 is 61.1 Å². The number of hydrogen-bond acceptors (Lipinski definition) is 14. The number of hydrogen-bond donors (Lipinski definition) is 0. The van der Waals surface area contributed by atoms with Gasteiger partial charge in [0.15, 0.2) is 0 Å². The fourth-order valence-electron chi connectivity index (χ4n) is 10.4. The summed E-state index contributed by atoms with van der Waals surface area (Å²) in [6.07, 6.45) is 28.8. The van der Waals surface area contributed by atoms with Crippen LogP contribution in [0.15, 0.2) is 313 Å². The number of nitrogens with zero attached hydrogens (tertiary/aromatic N) is 9. The summed E-state index contributed by atoms with van der Waals surface area (Å²) >= 11 is 30.4. The topological polar surface area (TPSA) is 123 Å². The Labute approximate surface area is 740 Å². The molecule has 0 atom stereocenters. The molecule has 0 aliphatic rings. The van der Waals surface area contributed by atoms with Crippen LogP contribution in [0.25, 0.3) is 0 Å². The molecule has 9 nitrogen and oxygen atoms in total. The first-order valence-corrected chi connectivity index (χ1v) is 45.7. The molecule has 0 bridgehead atoms. The van der Waals surface area contributed by atoms with Crippen molar-refractivity contribution in [3.8, 4) is 4.97 Å². The molecule has 0 aliphatic heterocycles. The number of nitriles is 1. The van der Waals surface area contributed by atoms with Crippen molar-refractivity contribution in [2.75, 3.05) is 39.3 Å². The Morgan fingerprint density at radius 1 is 0.219 bits per heavy atom. The van der Waals surface area contributed by atoms with E-state index in [1.165, 1.54) is 166 Å². The van der Waals surface area contributed by atoms with E-state index in [1.807, 2.05) is 103 Å². The van der Waals surface area contributed by atoms with Gasteiger partial charge in [0.2, 0.25) is 0 Å². The van der Waals surface area contributed by atoms with Crippen LogP contribution in [0.3, 0.4) is 0 Å². The predicted octanol–water partition coefficient (Wildman–Crippen LogP) is 23.9. The zero-order valence-electron chi connectivity index (χ0n) is 66.0. The van der Waals surface area contributed by atoms with Crippen LogP contribution in [0.5, 0.6) is 0 Å². The Bertz CT molecular complexity index is 3990. The number of unbranched alkanes of at least 4 members (excludes halogenated alkanes) is 12. The van der Waals surface area contributed by atoms with Crippen LogP contribution in [0, 0.1) is 10.2 Å². The van der Waals surface area contributed by atoms with Crippen LogP contribution in [0.2, 0.25) is 5.32 Å². The third kappa shape index (κ3) is 72.0. The predicted molar refractivity (Wildman–Crippen MR) is 510 cm³/mol. The number of isothiocyanates is 5. The van der Waals surface area contributed by atoms with Crippen molar-refractivity contribution in [3.05, 3.63) is 323 Å². The molecule has 0 spiro atoms. The van der Waals surface area contributed by atoms with Crippen LogP contribution in [0.4, 0.5) is 0 Å². The van der Waals surface area contributed by atoms with Crippen molar-refractivity contribution >= 4 is 163 Å². The SMILES string of the molecule is N#C[Se]CCCCCCc1ccccc1.S=C=NCCCCCCc1ccccc1.S=C=NCCCCCc1ccccc1.S=C=NCCCCc1ccccc1.S=C=NCCc1ccccc1.S=C=NCc1ccccc1.[Se]=C=NCCCCCCc1ccccc1.[Se]=C=NCCc1ccccc1.[Se]=C=NCc1ccccc1. The summed E-state index contributed by atoms with van der Waals surface area (Å²) in [6.45, 7) is 6.32. The number of aryl methyl sites for hydroxylation is 5. The summed E-state index contributed by atoms with van der Waals surface area (Å²) < 4.78 is 7.94. The average Bonchev–Trinajstić information content (AvgIpc) is 1.000. The Morgan fingerprint density at radius 2 is 0.421 bits per heavy atom. The summed E-state index contributed by atoms with van der Waals surface area (Å²) in [5.41, 5.74) is 12.2. The van der Waals surface area contributed by atoms with Crippen molar-refractivity contribution in [2.24, 2.45) is 39.9 Å². The molecule has 0 N–H and O–H groups in total. The van der Waals surface area contributed by atoms with E-state index >= 15 is 0 Å². The second-order valence-electron chi connectivity index (χ2n) is 25.2. The Hall–Kier alpha value is -7.71. The molecule has 0 fully saturated rings. The molecule has 0 amide bonds. The molecule has 9 rings (SSSR count). The quantitative estimate of drug-likeness (QED) is 0.0163. The maximum atomic E-state index is 8.40. The van der Waals surface area contributed by atoms with Crippen molar-refractivity contribution in [2.45, 2.75) is 173 Å². The van der Waals surface area contributed by atoms with Crippen LogP contribution in [-0.4, -0.2) is 141 Å². The number of thiocarbonyl (C=S) groups is 5. The van der Waals surface area contributed by atoms with E-state index in [1.54, 1.807) is 0 Å². The van der Waals surface area contributed by atoms with Crippen LogP contribution in [-0.2, 0) is 58.0 Å². The zero-order chi connectivity index (χ0) is 82.1. The van der Waals surface area contributed by atoms with E-state index in [4.69, 9.17) is 5.26 Å². The first-order chi connectivity index (χ1) is 56.4. The molecule has 0 heterocycles. The summed E-state index contributed by atoms with van der Waals surface area (Å²) in [5, 5.41) is 21.4. The number of aliphatic imine (C=N–C) groups is 8. The van der Waals surface area contributed by atoms with Gasteiger partial charge < -0.3 is 0 Å². The molecule has 594 valence electrons. The minimum absolute atomic E-state index is 0.236. The molecule has 0 aliphatic carbocycles.